The van der Waals surface area contributed by atoms with Crippen LogP contribution in [0.2, 0.25) is 0 Å². The summed E-state index contributed by atoms with van der Waals surface area (Å²) in [4.78, 5) is 0. The molecule has 0 amide bonds. The first-order valence-electron chi connectivity index (χ1n) is 7.42. The molecule has 0 spiro atoms. The van der Waals surface area contributed by atoms with E-state index in [1.807, 2.05) is 20.9 Å². The number of hydrogen-bond acceptors (Lipinski definition) is 1. The lowest BCUT2D eigenvalue weighted by atomic mass is 9.67. The molecule has 0 bridgehead atoms. The van der Waals surface area contributed by atoms with Gasteiger partial charge in [-0.3, -0.25) is 0 Å². The van der Waals surface area contributed by atoms with Gasteiger partial charge >= 0.3 is 0 Å². The van der Waals surface area contributed by atoms with Gasteiger partial charge in [-0.15, -0.1) is 0 Å². The van der Waals surface area contributed by atoms with Gasteiger partial charge in [0.25, 0.3) is 0 Å². The van der Waals surface area contributed by atoms with E-state index in [2.05, 4.69) is 12.2 Å². The molecule has 0 heterocycles. The molecule has 106 valence electrons. The van der Waals surface area contributed by atoms with Crippen molar-refractivity contribution < 1.29 is 4.39 Å². The Bertz CT molecular complexity index is 424. The highest BCUT2D eigenvalue weighted by Crippen LogP contribution is 2.46. The lowest BCUT2D eigenvalue weighted by Crippen LogP contribution is -2.37. The molecule has 0 saturated heterocycles. The summed E-state index contributed by atoms with van der Waals surface area (Å²) in [6.07, 6.45) is 6.50. The fourth-order valence-electron chi connectivity index (χ4n) is 3.87. The number of aryl methyl sites for hydroxylation is 2. The molecule has 1 nitrogen and oxygen atoms in total. The summed E-state index contributed by atoms with van der Waals surface area (Å²) in [6, 6.07) is 3.66. The normalized spacial score (nSPS) is 20.3. The maximum Gasteiger partial charge on any atom is 0.123 e. The molecule has 0 aliphatic heterocycles. The first-order valence-corrected chi connectivity index (χ1v) is 7.42. The highest BCUT2D eigenvalue weighted by Gasteiger charge is 2.36. The minimum atomic E-state index is -0.123. The third-order valence-corrected chi connectivity index (χ3v) is 4.83. The van der Waals surface area contributed by atoms with Crippen molar-refractivity contribution in [1.82, 2.24) is 5.32 Å². The summed E-state index contributed by atoms with van der Waals surface area (Å²) in [5, 5.41) is 3.51. The van der Waals surface area contributed by atoms with Crippen molar-refractivity contribution in [3.63, 3.8) is 0 Å². The maximum absolute atomic E-state index is 13.5. The Balaban J connectivity index is 2.42. The Kier molecular flexibility index (Phi) is 4.29. The predicted molar refractivity (Wildman–Crippen MR) is 78.9 cm³/mol. The van der Waals surface area contributed by atoms with Crippen LogP contribution in [0.3, 0.4) is 0 Å². The average Bonchev–Trinajstić information content (AvgIpc) is 2.34. The summed E-state index contributed by atoms with van der Waals surface area (Å²) in [5.41, 5.74) is 3.74. The minimum Gasteiger partial charge on any atom is -0.313 e. The number of halogens is 1. The summed E-state index contributed by atoms with van der Waals surface area (Å²) < 4.78 is 13.5. The van der Waals surface area contributed by atoms with Crippen molar-refractivity contribution in [2.24, 2.45) is 5.41 Å². The molecule has 1 aliphatic rings. The largest absolute Gasteiger partial charge is 0.313 e. The van der Waals surface area contributed by atoms with Crippen LogP contribution in [0.4, 0.5) is 4.39 Å². The van der Waals surface area contributed by atoms with Crippen molar-refractivity contribution in [2.45, 2.75) is 58.9 Å². The molecule has 19 heavy (non-hydrogen) atoms. The van der Waals surface area contributed by atoms with Gasteiger partial charge in [-0.2, -0.15) is 0 Å². The summed E-state index contributed by atoms with van der Waals surface area (Å²) in [7, 11) is 2.03. The van der Waals surface area contributed by atoms with E-state index in [1.165, 1.54) is 37.7 Å². The van der Waals surface area contributed by atoms with Crippen LogP contribution in [0, 0.1) is 25.1 Å². The fourth-order valence-corrected chi connectivity index (χ4v) is 3.87. The third-order valence-electron chi connectivity index (χ3n) is 4.83. The van der Waals surface area contributed by atoms with Crippen LogP contribution in [0.5, 0.6) is 0 Å². The molecule has 1 unspecified atom stereocenters. The quantitative estimate of drug-likeness (QED) is 0.835. The van der Waals surface area contributed by atoms with Crippen molar-refractivity contribution in [2.75, 3.05) is 7.05 Å². The average molecular weight is 263 g/mol. The van der Waals surface area contributed by atoms with Gasteiger partial charge in [0.05, 0.1) is 0 Å². The van der Waals surface area contributed by atoms with Gasteiger partial charge in [-0.25, -0.2) is 4.39 Å². The van der Waals surface area contributed by atoms with Crippen molar-refractivity contribution in [3.05, 3.63) is 34.6 Å². The van der Waals surface area contributed by atoms with Gasteiger partial charge < -0.3 is 5.32 Å². The molecule has 1 N–H and O–H groups in total. The number of nitrogens with one attached hydrogen (secondary N) is 1. The predicted octanol–water partition coefficient (Wildman–Crippen LogP) is 4.67. The first-order chi connectivity index (χ1) is 8.98. The van der Waals surface area contributed by atoms with E-state index in [4.69, 9.17) is 0 Å². The molecule has 1 aromatic carbocycles. The number of benzene rings is 1. The van der Waals surface area contributed by atoms with E-state index >= 15 is 0 Å². The summed E-state index contributed by atoms with van der Waals surface area (Å²) in [5.74, 6) is -0.123. The molecule has 0 radical (unpaired) electrons. The summed E-state index contributed by atoms with van der Waals surface area (Å²) >= 11 is 0. The molecule has 2 heteroatoms. The van der Waals surface area contributed by atoms with Crippen molar-refractivity contribution in [1.29, 1.82) is 0 Å². The lowest BCUT2D eigenvalue weighted by Gasteiger charge is -2.42. The molecule has 1 aromatic rings. The van der Waals surface area contributed by atoms with Crippen LogP contribution in [0.25, 0.3) is 0 Å². The number of rotatable bonds is 3. The monoisotopic (exact) mass is 263 g/mol. The van der Waals surface area contributed by atoms with Gasteiger partial charge in [-0.05, 0) is 68.0 Å². The molecule has 0 aromatic heterocycles. The maximum atomic E-state index is 13.5. The topological polar surface area (TPSA) is 12.0 Å². The minimum absolute atomic E-state index is 0.123. The van der Waals surface area contributed by atoms with Gasteiger partial charge in [-0.1, -0.05) is 26.2 Å². The smallest absolute Gasteiger partial charge is 0.123 e. The van der Waals surface area contributed by atoms with Crippen molar-refractivity contribution >= 4 is 0 Å². The zero-order valence-electron chi connectivity index (χ0n) is 12.6. The first kappa shape index (κ1) is 14.5. The van der Waals surface area contributed by atoms with E-state index in [0.717, 1.165) is 11.1 Å². The molecule has 1 atom stereocenters. The van der Waals surface area contributed by atoms with E-state index < -0.39 is 0 Å². The third kappa shape index (κ3) is 2.84. The molecule has 1 saturated carbocycles. The Hall–Kier alpha value is -0.890. The van der Waals surface area contributed by atoms with Gasteiger partial charge in [0, 0.05) is 6.04 Å². The Morgan fingerprint density at radius 1 is 1.11 bits per heavy atom. The zero-order chi connectivity index (χ0) is 14.0. The molecule has 1 aliphatic carbocycles. The second kappa shape index (κ2) is 5.62. The van der Waals surface area contributed by atoms with Crippen LogP contribution in [0.1, 0.15) is 61.8 Å². The SMILES string of the molecule is CNC(c1c(C)cc(F)cc1C)C1(C)CCCCC1. The van der Waals surface area contributed by atoms with Gasteiger partial charge in [0.15, 0.2) is 0 Å². The van der Waals surface area contributed by atoms with E-state index in [-0.39, 0.29) is 5.82 Å². The van der Waals surface area contributed by atoms with E-state index in [9.17, 15) is 4.39 Å². The van der Waals surface area contributed by atoms with Crippen molar-refractivity contribution in [3.8, 4) is 0 Å². The van der Waals surface area contributed by atoms with Crippen LogP contribution in [-0.4, -0.2) is 7.05 Å². The van der Waals surface area contributed by atoms with E-state index in [0.29, 0.717) is 11.5 Å². The molecule has 2 rings (SSSR count). The Morgan fingerprint density at radius 2 is 1.63 bits per heavy atom. The van der Waals surface area contributed by atoms with Crippen LogP contribution >= 0.6 is 0 Å². The van der Waals surface area contributed by atoms with Crippen LogP contribution in [-0.2, 0) is 0 Å². The lowest BCUT2D eigenvalue weighted by molar-refractivity contribution is 0.149. The Morgan fingerprint density at radius 3 is 2.11 bits per heavy atom. The van der Waals surface area contributed by atoms with E-state index in [1.54, 1.807) is 12.1 Å². The Labute approximate surface area is 116 Å². The molecular formula is C17H26FN. The molecular weight excluding hydrogens is 237 g/mol. The highest BCUT2D eigenvalue weighted by molar-refractivity contribution is 5.38. The highest BCUT2D eigenvalue weighted by atomic mass is 19.1. The second-order valence-electron chi connectivity index (χ2n) is 6.39. The number of hydrogen-bond donors (Lipinski definition) is 1. The summed E-state index contributed by atoms with van der Waals surface area (Å²) in [6.45, 7) is 6.44. The standard InChI is InChI=1S/C17H26FN/c1-12-10-14(18)11-13(2)15(12)16(19-4)17(3)8-6-5-7-9-17/h10-11,16,19H,5-9H2,1-4H3. The van der Waals surface area contributed by atoms with Gasteiger partial charge in [0.1, 0.15) is 5.82 Å². The molecule has 1 fully saturated rings. The van der Waals surface area contributed by atoms with Gasteiger partial charge in [0.2, 0.25) is 0 Å². The zero-order valence-corrected chi connectivity index (χ0v) is 12.6. The van der Waals surface area contributed by atoms with Crippen LogP contribution < -0.4 is 5.32 Å². The fraction of sp³-hybridized carbons (Fsp3) is 0.647. The second-order valence-corrected chi connectivity index (χ2v) is 6.39. The van der Waals surface area contributed by atoms with Crippen LogP contribution in [0.15, 0.2) is 12.1 Å².